The van der Waals surface area contributed by atoms with E-state index in [1.54, 1.807) is 0 Å². The molecule has 8 aromatic rings. The first-order valence-corrected chi connectivity index (χ1v) is 20.6. The summed E-state index contributed by atoms with van der Waals surface area (Å²) in [6.07, 6.45) is 7.77. The quantitative estimate of drug-likeness (QED) is 0.154. The first-order chi connectivity index (χ1) is 28.5. The van der Waals surface area contributed by atoms with Gasteiger partial charge in [-0.3, -0.25) is 9.97 Å². The van der Waals surface area contributed by atoms with Crippen LogP contribution in [0.2, 0.25) is 0 Å². The van der Waals surface area contributed by atoms with Crippen LogP contribution in [0.3, 0.4) is 0 Å². The SMILES string of the molecule is CC(C)(C)CCCC(C)(C)C.c1ccc(-c2cnc(-c3ccccc3)c(-c3ccccc3)n2)cc1.c1ccc(-c2cnc(-c3ccccc3)c(-c3ccccc3)n2)cc1. The van der Waals surface area contributed by atoms with Gasteiger partial charge in [-0.1, -0.05) is 230 Å². The number of hydrogen-bond acceptors (Lipinski definition) is 4. The van der Waals surface area contributed by atoms with Gasteiger partial charge in [0.2, 0.25) is 0 Å². The Morgan fingerprint density at radius 3 is 0.797 bits per heavy atom. The topological polar surface area (TPSA) is 51.6 Å². The number of rotatable bonds is 8. The Balaban J connectivity index is 0.000000160. The van der Waals surface area contributed by atoms with Crippen LogP contribution < -0.4 is 0 Å². The van der Waals surface area contributed by atoms with Crippen LogP contribution in [0.25, 0.3) is 67.5 Å². The van der Waals surface area contributed by atoms with Crippen molar-refractivity contribution in [1.29, 1.82) is 0 Å². The van der Waals surface area contributed by atoms with Gasteiger partial charge in [0.05, 0.1) is 46.6 Å². The number of aromatic nitrogens is 4. The molecule has 0 aliphatic heterocycles. The molecule has 4 heteroatoms. The minimum absolute atomic E-state index is 0.519. The second-order valence-electron chi connectivity index (χ2n) is 17.1. The Morgan fingerprint density at radius 2 is 0.542 bits per heavy atom. The van der Waals surface area contributed by atoms with E-state index in [1.807, 2.05) is 122 Å². The van der Waals surface area contributed by atoms with Gasteiger partial charge in [0, 0.05) is 33.4 Å². The highest BCUT2D eigenvalue weighted by Crippen LogP contribution is 2.33. The second-order valence-corrected chi connectivity index (χ2v) is 17.1. The van der Waals surface area contributed by atoms with Crippen LogP contribution in [0.1, 0.15) is 60.8 Å². The lowest BCUT2D eigenvalue weighted by molar-refractivity contribution is 0.301. The normalized spacial score (nSPS) is 11.1. The first-order valence-electron chi connectivity index (χ1n) is 20.6. The third-order valence-electron chi connectivity index (χ3n) is 9.73. The van der Waals surface area contributed by atoms with Crippen molar-refractivity contribution in [3.8, 4) is 67.5 Å². The minimum Gasteiger partial charge on any atom is -0.252 e. The zero-order valence-electron chi connectivity index (χ0n) is 35.4. The summed E-state index contributed by atoms with van der Waals surface area (Å²) in [6.45, 7) is 13.9. The molecule has 0 atom stereocenters. The van der Waals surface area contributed by atoms with Crippen LogP contribution in [0, 0.1) is 10.8 Å². The Hall–Kier alpha value is -6.52. The molecular formula is C55H56N4. The summed E-state index contributed by atoms with van der Waals surface area (Å²) in [5.74, 6) is 0. The monoisotopic (exact) mass is 772 g/mol. The van der Waals surface area contributed by atoms with Crippen molar-refractivity contribution >= 4 is 0 Å². The van der Waals surface area contributed by atoms with Gasteiger partial charge in [-0.25, -0.2) is 9.97 Å². The summed E-state index contributed by atoms with van der Waals surface area (Å²) in [5.41, 5.74) is 12.9. The summed E-state index contributed by atoms with van der Waals surface area (Å²) >= 11 is 0. The predicted molar refractivity (Wildman–Crippen MR) is 249 cm³/mol. The zero-order valence-corrected chi connectivity index (χ0v) is 35.4. The molecule has 0 fully saturated rings. The molecule has 0 aliphatic rings. The second kappa shape index (κ2) is 20.3. The molecule has 0 amide bonds. The predicted octanol–water partition coefficient (Wildman–Crippen LogP) is 15.2. The Kier molecular flexibility index (Phi) is 14.5. The average molecular weight is 773 g/mol. The van der Waals surface area contributed by atoms with Gasteiger partial charge in [0.25, 0.3) is 0 Å². The highest BCUT2D eigenvalue weighted by Gasteiger charge is 2.15. The first kappa shape index (κ1) is 42.1. The van der Waals surface area contributed by atoms with Crippen LogP contribution in [-0.4, -0.2) is 19.9 Å². The van der Waals surface area contributed by atoms with Crippen molar-refractivity contribution in [2.24, 2.45) is 10.8 Å². The molecular weight excluding hydrogens is 717 g/mol. The van der Waals surface area contributed by atoms with Crippen LogP contribution in [0.5, 0.6) is 0 Å². The zero-order chi connectivity index (χ0) is 41.5. The lowest BCUT2D eigenvalue weighted by Gasteiger charge is -2.22. The molecule has 0 saturated heterocycles. The van der Waals surface area contributed by atoms with Crippen molar-refractivity contribution in [3.63, 3.8) is 0 Å². The van der Waals surface area contributed by atoms with Crippen molar-refractivity contribution in [2.75, 3.05) is 0 Å². The highest BCUT2D eigenvalue weighted by atomic mass is 14.8. The Morgan fingerprint density at radius 1 is 0.305 bits per heavy atom. The average Bonchev–Trinajstić information content (AvgIpc) is 3.27. The van der Waals surface area contributed by atoms with Gasteiger partial charge in [0.15, 0.2) is 0 Å². The van der Waals surface area contributed by atoms with Crippen LogP contribution >= 0.6 is 0 Å². The molecule has 0 aliphatic carbocycles. The fourth-order valence-electron chi connectivity index (χ4n) is 6.63. The van der Waals surface area contributed by atoms with Crippen LogP contribution in [0.4, 0.5) is 0 Å². The van der Waals surface area contributed by atoms with E-state index in [2.05, 4.69) is 114 Å². The van der Waals surface area contributed by atoms with Gasteiger partial charge in [0.1, 0.15) is 0 Å². The largest absolute Gasteiger partial charge is 0.252 e. The molecule has 0 radical (unpaired) electrons. The van der Waals surface area contributed by atoms with E-state index in [4.69, 9.17) is 19.9 Å². The third kappa shape index (κ3) is 12.7. The van der Waals surface area contributed by atoms with Crippen LogP contribution in [0.15, 0.2) is 194 Å². The van der Waals surface area contributed by atoms with Crippen molar-refractivity contribution in [1.82, 2.24) is 19.9 Å². The molecule has 0 bridgehead atoms. The fraction of sp³-hybridized carbons (Fsp3) is 0.200. The van der Waals surface area contributed by atoms with Gasteiger partial charge in [-0.2, -0.15) is 0 Å². The van der Waals surface area contributed by atoms with E-state index in [1.165, 1.54) is 19.3 Å². The lowest BCUT2D eigenvalue weighted by atomic mass is 9.84. The summed E-state index contributed by atoms with van der Waals surface area (Å²) in [7, 11) is 0. The van der Waals surface area contributed by atoms with E-state index >= 15 is 0 Å². The van der Waals surface area contributed by atoms with Gasteiger partial charge < -0.3 is 0 Å². The summed E-state index contributed by atoms with van der Waals surface area (Å²) in [4.78, 5) is 19.3. The van der Waals surface area contributed by atoms with Gasteiger partial charge in [-0.05, 0) is 23.7 Å². The molecule has 2 aromatic heterocycles. The highest BCUT2D eigenvalue weighted by molar-refractivity contribution is 5.81. The Labute approximate surface area is 352 Å². The number of benzene rings is 6. The molecule has 0 spiro atoms. The lowest BCUT2D eigenvalue weighted by Crippen LogP contribution is -2.09. The van der Waals surface area contributed by atoms with Crippen LogP contribution in [-0.2, 0) is 0 Å². The summed E-state index contributed by atoms with van der Waals surface area (Å²) in [5, 5.41) is 0. The van der Waals surface area contributed by atoms with Crippen molar-refractivity contribution in [2.45, 2.75) is 60.8 Å². The summed E-state index contributed by atoms with van der Waals surface area (Å²) < 4.78 is 0. The van der Waals surface area contributed by atoms with Crippen molar-refractivity contribution in [3.05, 3.63) is 194 Å². The molecule has 2 heterocycles. The molecule has 59 heavy (non-hydrogen) atoms. The number of hydrogen-bond donors (Lipinski definition) is 0. The smallest absolute Gasteiger partial charge is 0.0972 e. The fourth-order valence-corrected chi connectivity index (χ4v) is 6.63. The molecule has 0 N–H and O–H groups in total. The molecule has 4 nitrogen and oxygen atoms in total. The standard InChI is InChI=1S/2C22H16N2.C11H24/c2*1-4-10-17(11-5-1)20-16-23-21(18-12-6-2-7-13-18)22(24-20)19-14-8-3-9-15-19;1-10(2,3)8-7-9-11(4,5)6/h2*1-16H;7-9H2,1-6H3. The Bertz CT molecular complexity index is 2260. The molecule has 6 aromatic carbocycles. The van der Waals surface area contributed by atoms with E-state index in [9.17, 15) is 0 Å². The molecule has 0 unspecified atom stereocenters. The van der Waals surface area contributed by atoms with E-state index in [0.29, 0.717) is 10.8 Å². The molecule has 0 saturated carbocycles. The van der Waals surface area contributed by atoms with E-state index in [-0.39, 0.29) is 0 Å². The summed E-state index contributed by atoms with van der Waals surface area (Å²) in [6, 6.07) is 61.1. The maximum Gasteiger partial charge on any atom is 0.0972 e. The molecule has 8 rings (SSSR count). The maximum atomic E-state index is 4.93. The van der Waals surface area contributed by atoms with Gasteiger partial charge >= 0.3 is 0 Å². The molecule has 296 valence electrons. The third-order valence-corrected chi connectivity index (χ3v) is 9.73. The van der Waals surface area contributed by atoms with Gasteiger partial charge in [-0.15, -0.1) is 0 Å². The minimum atomic E-state index is 0.519. The maximum absolute atomic E-state index is 4.93. The van der Waals surface area contributed by atoms with E-state index < -0.39 is 0 Å². The van der Waals surface area contributed by atoms with E-state index in [0.717, 1.165) is 67.5 Å². The number of nitrogens with zero attached hydrogens (tertiary/aromatic N) is 4. The van der Waals surface area contributed by atoms with Crippen molar-refractivity contribution < 1.29 is 0 Å².